The number of rotatable bonds is 6. The van der Waals surface area contributed by atoms with E-state index in [1.54, 1.807) is 11.3 Å². The van der Waals surface area contributed by atoms with Gasteiger partial charge < -0.3 is 9.88 Å². The summed E-state index contributed by atoms with van der Waals surface area (Å²) in [7, 11) is 0. The van der Waals surface area contributed by atoms with Crippen molar-refractivity contribution < 1.29 is 0 Å². The number of imidazole rings is 1. The van der Waals surface area contributed by atoms with Crippen LogP contribution in [0.15, 0.2) is 45.8 Å². The van der Waals surface area contributed by atoms with Gasteiger partial charge in [-0.2, -0.15) is 11.3 Å². The van der Waals surface area contributed by atoms with Gasteiger partial charge in [0.1, 0.15) is 0 Å². The zero-order valence-corrected chi connectivity index (χ0v) is 14.3. The molecule has 1 atom stereocenters. The highest BCUT2D eigenvalue weighted by Crippen LogP contribution is 2.29. The molecule has 21 heavy (non-hydrogen) atoms. The first-order chi connectivity index (χ1) is 10.3. The lowest BCUT2D eigenvalue weighted by molar-refractivity contribution is 0.468. The van der Waals surface area contributed by atoms with Gasteiger partial charge in [-0.1, -0.05) is 19.1 Å². The molecule has 0 aliphatic carbocycles. The van der Waals surface area contributed by atoms with E-state index in [2.05, 4.69) is 66.7 Å². The summed E-state index contributed by atoms with van der Waals surface area (Å²) in [6, 6.07) is 8.57. The van der Waals surface area contributed by atoms with Gasteiger partial charge in [0.2, 0.25) is 0 Å². The van der Waals surface area contributed by atoms with E-state index in [9.17, 15) is 0 Å². The number of halogens is 1. The van der Waals surface area contributed by atoms with Crippen molar-refractivity contribution in [3.05, 3.63) is 51.4 Å². The molecule has 1 N–H and O–H groups in total. The van der Waals surface area contributed by atoms with Crippen LogP contribution < -0.4 is 5.32 Å². The predicted octanol–water partition coefficient (Wildman–Crippen LogP) is 4.60. The van der Waals surface area contributed by atoms with E-state index in [0.29, 0.717) is 6.04 Å². The van der Waals surface area contributed by atoms with E-state index in [1.807, 2.05) is 12.4 Å². The Morgan fingerprint density at radius 1 is 1.33 bits per heavy atom. The Hall–Kier alpha value is -1.17. The number of nitrogens with one attached hydrogen (secondary N) is 1. The third-order valence-electron chi connectivity index (χ3n) is 3.57. The second kappa shape index (κ2) is 6.73. The average molecular weight is 364 g/mol. The molecule has 0 saturated carbocycles. The van der Waals surface area contributed by atoms with Gasteiger partial charge in [0, 0.05) is 16.4 Å². The van der Waals surface area contributed by atoms with Gasteiger partial charge in [-0.25, -0.2) is 4.98 Å². The van der Waals surface area contributed by atoms with Gasteiger partial charge in [0.05, 0.1) is 23.4 Å². The Labute approximate surface area is 137 Å². The second-order valence-corrected chi connectivity index (χ2v) is 6.67. The molecule has 1 unspecified atom stereocenters. The van der Waals surface area contributed by atoms with Crippen molar-refractivity contribution in [2.24, 2.45) is 0 Å². The molecule has 0 bridgehead atoms. The third-order valence-corrected chi connectivity index (χ3v) is 5.32. The minimum absolute atomic E-state index is 0.295. The molecule has 0 radical (unpaired) electrons. The maximum Gasteiger partial charge on any atom is 0.0958 e. The minimum atomic E-state index is 0.295. The highest BCUT2D eigenvalue weighted by molar-refractivity contribution is 9.10. The summed E-state index contributed by atoms with van der Waals surface area (Å²) in [5.41, 5.74) is 3.56. The molecule has 3 nitrogen and oxygen atoms in total. The standard InChI is InChI=1S/C16H18BrN3S/c1-2-7-18-15(12-9-21-10-13(12)17)8-20-11-19-14-5-3-4-6-16(14)20/h3-6,9-11,15,18H,2,7-8H2,1H3. The van der Waals surface area contributed by atoms with Crippen LogP contribution in [0.1, 0.15) is 24.9 Å². The molecule has 2 heterocycles. The number of fused-ring (bicyclic) bond motifs is 1. The predicted molar refractivity (Wildman–Crippen MR) is 92.8 cm³/mol. The van der Waals surface area contributed by atoms with Gasteiger partial charge >= 0.3 is 0 Å². The number of aromatic nitrogens is 2. The van der Waals surface area contributed by atoms with Crippen molar-refractivity contribution in [3.8, 4) is 0 Å². The van der Waals surface area contributed by atoms with Crippen LogP contribution in [0, 0.1) is 0 Å². The molecule has 2 aromatic heterocycles. The Morgan fingerprint density at radius 2 is 2.19 bits per heavy atom. The summed E-state index contributed by atoms with van der Waals surface area (Å²) in [6.07, 6.45) is 3.06. The molecular weight excluding hydrogens is 346 g/mol. The first-order valence-corrected chi connectivity index (χ1v) is 8.88. The van der Waals surface area contributed by atoms with E-state index in [0.717, 1.165) is 25.0 Å². The fraction of sp³-hybridized carbons (Fsp3) is 0.312. The normalized spacial score (nSPS) is 12.9. The van der Waals surface area contributed by atoms with Gasteiger partial charge in [0.15, 0.2) is 0 Å². The second-order valence-electron chi connectivity index (χ2n) is 5.07. The van der Waals surface area contributed by atoms with Gasteiger partial charge in [0.25, 0.3) is 0 Å². The van der Waals surface area contributed by atoms with Gasteiger partial charge in [-0.3, -0.25) is 0 Å². The molecule has 5 heteroatoms. The monoisotopic (exact) mass is 363 g/mol. The SMILES string of the molecule is CCCNC(Cn1cnc2ccccc21)c1cscc1Br. The van der Waals surface area contributed by atoms with Crippen LogP contribution in [0.2, 0.25) is 0 Å². The molecule has 3 aromatic rings. The maximum absolute atomic E-state index is 4.48. The van der Waals surface area contributed by atoms with Crippen LogP contribution in [-0.4, -0.2) is 16.1 Å². The first kappa shape index (κ1) is 14.8. The van der Waals surface area contributed by atoms with Gasteiger partial charge in [-0.15, -0.1) is 0 Å². The van der Waals surface area contributed by atoms with E-state index < -0.39 is 0 Å². The highest BCUT2D eigenvalue weighted by Gasteiger charge is 2.16. The summed E-state index contributed by atoms with van der Waals surface area (Å²) in [5.74, 6) is 0. The summed E-state index contributed by atoms with van der Waals surface area (Å²) in [4.78, 5) is 4.48. The molecule has 1 aromatic carbocycles. The van der Waals surface area contributed by atoms with Crippen LogP contribution in [0.3, 0.4) is 0 Å². The largest absolute Gasteiger partial charge is 0.329 e. The van der Waals surface area contributed by atoms with Crippen LogP contribution in [-0.2, 0) is 6.54 Å². The fourth-order valence-electron chi connectivity index (χ4n) is 2.48. The van der Waals surface area contributed by atoms with Crippen molar-refractivity contribution in [2.75, 3.05) is 6.54 Å². The molecule has 0 aliphatic heterocycles. The number of hydrogen-bond acceptors (Lipinski definition) is 3. The molecule has 0 saturated heterocycles. The van der Waals surface area contributed by atoms with Gasteiger partial charge in [-0.05, 0) is 52.0 Å². The van der Waals surface area contributed by atoms with E-state index in [1.165, 1.54) is 15.6 Å². The summed E-state index contributed by atoms with van der Waals surface area (Å²) >= 11 is 5.39. The lowest BCUT2D eigenvalue weighted by Crippen LogP contribution is -2.26. The lowest BCUT2D eigenvalue weighted by Gasteiger charge is -2.19. The Kier molecular flexibility index (Phi) is 4.73. The number of nitrogens with zero attached hydrogens (tertiary/aromatic N) is 2. The van der Waals surface area contributed by atoms with Crippen LogP contribution in [0.5, 0.6) is 0 Å². The zero-order chi connectivity index (χ0) is 14.7. The van der Waals surface area contributed by atoms with Crippen molar-refractivity contribution in [2.45, 2.75) is 25.9 Å². The smallest absolute Gasteiger partial charge is 0.0958 e. The zero-order valence-electron chi connectivity index (χ0n) is 11.9. The highest BCUT2D eigenvalue weighted by atomic mass is 79.9. The van der Waals surface area contributed by atoms with E-state index in [-0.39, 0.29) is 0 Å². The number of thiophene rings is 1. The van der Waals surface area contributed by atoms with E-state index >= 15 is 0 Å². The topological polar surface area (TPSA) is 29.9 Å². The average Bonchev–Trinajstić information content (AvgIpc) is 3.10. The minimum Gasteiger partial charge on any atom is -0.329 e. The molecule has 0 aliphatic rings. The fourth-order valence-corrected chi connectivity index (χ4v) is 4.11. The Morgan fingerprint density at radius 3 is 2.95 bits per heavy atom. The lowest BCUT2D eigenvalue weighted by atomic mass is 10.1. The first-order valence-electron chi connectivity index (χ1n) is 7.14. The van der Waals surface area contributed by atoms with Crippen LogP contribution in [0.4, 0.5) is 0 Å². The maximum atomic E-state index is 4.48. The number of para-hydroxylation sites is 2. The Bertz CT molecular complexity index is 719. The molecule has 110 valence electrons. The number of hydrogen-bond donors (Lipinski definition) is 1. The summed E-state index contributed by atoms with van der Waals surface area (Å²) < 4.78 is 3.41. The molecule has 0 spiro atoms. The van der Waals surface area contributed by atoms with Crippen molar-refractivity contribution in [3.63, 3.8) is 0 Å². The van der Waals surface area contributed by atoms with Crippen molar-refractivity contribution in [1.82, 2.24) is 14.9 Å². The Balaban J connectivity index is 1.89. The number of benzene rings is 1. The summed E-state index contributed by atoms with van der Waals surface area (Å²) in [5, 5.41) is 8.00. The molecule has 0 fully saturated rings. The molecular formula is C16H18BrN3S. The van der Waals surface area contributed by atoms with Crippen LogP contribution >= 0.6 is 27.3 Å². The van der Waals surface area contributed by atoms with Crippen LogP contribution in [0.25, 0.3) is 11.0 Å². The third kappa shape index (κ3) is 3.20. The quantitative estimate of drug-likeness (QED) is 0.693. The van der Waals surface area contributed by atoms with Crippen molar-refractivity contribution >= 4 is 38.3 Å². The summed E-state index contributed by atoms with van der Waals surface area (Å²) in [6.45, 7) is 4.09. The van der Waals surface area contributed by atoms with Crippen molar-refractivity contribution in [1.29, 1.82) is 0 Å². The molecule has 3 rings (SSSR count). The van der Waals surface area contributed by atoms with E-state index in [4.69, 9.17) is 0 Å². The molecule has 0 amide bonds.